The molecule has 3 aromatic rings. The summed E-state index contributed by atoms with van der Waals surface area (Å²) in [6.45, 7) is 4.15. The number of anilines is 1. The summed E-state index contributed by atoms with van der Waals surface area (Å²) in [5.74, 6) is -0.558. The number of halogens is 4. The number of benzene rings is 1. The third kappa shape index (κ3) is 4.77. The van der Waals surface area contributed by atoms with Crippen molar-refractivity contribution in [3.8, 4) is 11.1 Å². The molecular weight excluding hydrogens is 452 g/mol. The van der Waals surface area contributed by atoms with Crippen molar-refractivity contribution in [3.63, 3.8) is 0 Å². The van der Waals surface area contributed by atoms with Crippen LogP contribution in [0.3, 0.4) is 0 Å². The molecule has 0 radical (unpaired) electrons. The molecule has 1 aliphatic rings. The number of aliphatic hydroxyl groups excluding tert-OH is 1. The van der Waals surface area contributed by atoms with E-state index in [0.717, 1.165) is 6.20 Å². The Labute approximate surface area is 193 Å². The Hall–Kier alpha value is -3.40. The summed E-state index contributed by atoms with van der Waals surface area (Å²) in [5.41, 5.74) is 0.530. The number of nitrogens with zero attached hydrogens (tertiary/aromatic N) is 3. The van der Waals surface area contributed by atoms with Gasteiger partial charge in [-0.25, -0.2) is 9.37 Å². The molecule has 180 valence electrons. The van der Waals surface area contributed by atoms with E-state index in [-0.39, 0.29) is 41.9 Å². The molecule has 1 aliphatic heterocycles. The monoisotopic (exact) mass is 476 g/mol. The first-order valence-electron chi connectivity index (χ1n) is 10.8. The average Bonchev–Trinajstić information content (AvgIpc) is 3.20. The van der Waals surface area contributed by atoms with Gasteiger partial charge in [0, 0.05) is 49.2 Å². The van der Waals surface area contributed by atoms with E-state index in [1.165, 1.54) is 41.4 Å². The van der Waals surface area contributed by atoms with Crippen LogP contribution in [0.2, 0.25) is 0 Å². The third-order valence-corrected chi connectivity index (χ3v) is 5.67. The van der Waals surface area contributed by atoms with E-state index >= 15 is 0 Å². The Morgan fingerprint density at radius 1 is 1.15 bits per heavy atom. The Kier molecular flexibility index (Phi) is 6.35. The zero-order valence-corrected chi connectivity index (χ0v) is 18.7. The van der Waals surface area contributed by atoms with Gasteiger partial charge in [-0.15, -0.1) is 0 Å². The van der Waals surface area contributed by atoms with Gasteiger partial charge in [0.2, 0.25) is 0 Å². The number of nitrogens with one attached hydrogen (secondary N) is 1. The van der Waals surface area contributed by atoms with Crippen molar-refractivity contribution in [3.05, 3.63) is 70.9 Å². The standard InChI is InChI=1S/C24H24F4N4O2/c1-14(2)30-22-9-19(20(10-29-22)24(26,27)28)17-8-21-23(34)32(6-5-31(21)12-17)11-16-7-18(25)4-3-15(16)13-33/h3-4,7-10,12,14,33H,5-6,11,13H2,1-2H3,(H,29,30). The van der Waals surface area contributed by atoms with Crippen molar-refractivity contribution in [1.29, 1.82) is 0 Å². The van der Waals surface area contributed by atoms with Crippen LogP contribution in [0, 0.1) is 5.82 Å². The number of fused-ring (bicyclic) bond motifs is 1. The first kappa shape index (κ1) is 23.7. The zero-order chi connectivity index (χ0) is 24.6. The number of pyridine rings is 1. The normalized spacial score (nSPS) is 14.0. The van der Waals surface area contributed by atoms with Gasteiger partial charge >= 0.3 is 6.18 Å². The largest absolute Gasteiger partial charge is 0.418 e. The Bertz CT molecular complexity index is 1220. The second-order valence-corrected chi connectivity index (χ2v) is 8.52. The number of hydrogen-bond acceptors (Lipinski definition) is 4. The van der Waals surface area contributed by atoms with Crippen LogP contribution < -0.4 is 5.32 Å². The third-order valence-electron chi connectivity index (χ3n) is 5.67. The van der Waals surface area contributed by atoms with Crippen LogP contribution >= 0.6 is 0 Å². The molecule has 4 rings (SSSR count). The lowest BCUT2D eigenvalue weighted by atomic mass is 10.0. The number of aliphatic hydroxyl groups is 1. The lowest BCUT2D eigenvalue weighted by Gasteiger charge is -2.29. The summed E-state index contributed by atoms with van der Waals surface area (Å²) >= 11 is 0. The summed E-state index contributed by atoms with van der Waals surface area (Å²) in [6, 6.07) is 6.73. The number of carbonyl (C=O) groups excluding carboxylic acids is 1. The van der Waals surface area contributed by atoms with Crippen molar-refractivity contribution in [1.82, 2.24) is 14.5 Å². The number of aromatic nitrogens is 2. The van der Waals surface area contributed by atoms with Crippen molar-refractivity contribution < 1.29 is 27.5 Å². The van der Waals surface area contributed by atoms with Gasteiger partial charge in [-0.3, -0.25) is 4.79 Å². The molecule has 10 heteroatoms. The van der Waals surface area contributed by atoms with Crippen LogP contribution in [0.1, 0.15) is 41.0 Å². The molecule has 0 spiro atoms. The fourth-order valence-electron chi connectivity index (χ4n) is 4.06. The molecule has 3 heterocycles. The molecule has 1 amide bonds. The predicted octanol–water partition coefficient (Wildman–Crippen LogP) is 4.68. The molecule has 0 atom stereocenters. The number of alkyl halides is 3. The van der Waals surface area contributed by atoms with Gasteiger partial charge in [0.15, 0.2) is 0 Å². The van der Waals surface area contributed by atoms with Crippen molar-refractivity contribution >= 4 is 11.7 Å². The van der Waals surface area contributed by atoms with E-state index in [0.29, 0.717) is 30.0 Å². The Morgan fingerprint density at radius 2 is 1.91 bits per heavy atom. The molecule has 0 saturated carbocycles. The number of amides is 1. The number of rotatable bonds is 6. The molecule has 0 bridgehead atoms. The maximum absolute atomic E-state index is 13.7. The molecule has 2 N–H and O–H groups in total. The highest BCUT2D eigenvalue weighted by molar-refractivity contribution is 5.95. The maximum Gasteiger partial charge on any atom is 0.418 e. The van der Waals surface area contributed by atoms with Crippen molar-refractivity contribution in [2.45, 2.75) is 45.8 Å². The summed E-state index contributed by atoms with van der Waals surface area (Å²) < 4.78 is 56.5. The highest BCUT2D eigenvalue weighted by Gasteiger charge is 2.35. The number of hydrogen-bond donors (Lipinski definition) is 2. The minimum atomic E-state index is -4.62. The van der Waals surface area contributed by atoms with Crippen LogP contribution in [0.5, 0.6) is 0 Å². The van der Waals surface area contributed by atoms with Gasteiger partial charge in [-0.1, -0.05) is 6.07 Å². The van der Waals surface area contributed by atoms with E-state index < -0.39 is 17.6 Å². The van der Waals surface area contributed by atoms with Gasteiger partial charge in [0.25, 0.3) is 5.91 Å². The molecule has 0 fully saturated rings. The Morgan fingerprint density at radius 3 is 2.59 bits per heavy atom. The predicted molar refractivity (Wildman–Crippen MR) is 118 cm³/mol. The lowest BCUT2D eigenvalue weighted by molar-refractivity contribution is -0.137. The van der Waals surface area contributed by atoms with Crippen LogP contribution in [-0.2, 0) is 25.9 Å². The fraction of sp³-hybridized carbons (Fsp3) is 0.333. The highest BCUT2D eigenvalue weighted by atomic mass is 19.4. The molecule has 6 nitrogen and oxygen atoms in total. The van der Waals surface area contributed by atoms with Gasteiger partial charge < -0.3 is 19.9 Å². The van der Waals surface area contributed by atoms with Crippen molar-refractivity contribution in [2.75, 3.05) is 11.9 Å². The average molecular weight is 476 g/mol. The quantitative estimate of drug-likeness (QED) is 0.507. The van der Waals surface area contributed by atoms with E-state index in [2.05, 4.69) is 10.3 Å². The van der Waals surface area contributed by atoms with Gasteiger partial charge in [0.05, 0.1) is 12.2 Å². The summed E-state index contributed by atoms with van der Waals surface area (Å²) in [5, 5.41) is 12.5. The van der Waals surface area contributed by atoms with Crippen LogP contribution in [0.15, 0.2) is 42.7 Å². The van der Waals surface area contributed by atoms with E-state index in [9.17, 15) is 27.5 Å². The van der Waals surface area contributed by atoms with E-state index in [4.69, 9.17) is 0 Å². The van der Waals surface area contributed by atoms with Gasteiger partial charge in [0.1, 0.15) is 17.3 Å². The smallest absolute Gasteiger partial charge is 0.392 e. The summed E-state index contributed by atoms with van der Waals surface area (Å²) in [7, 11) is 0. The molecule has 1 aromatic carbocycles. The second-order valence-electron chi connectivity index (χ2n) is 8.52. The Balaban J connectivity index is 1.68. The minimum absolute atomic E-state index is 0.0268. The van der Waals surface area contributed by atoms with Crippen LogP contribution in [0.25, 0.3) is 11.1 Å². The van der Waals surface area contributed by atoms with Crippen LogP contribution in [0.4, 0.5) is 23.4 Å². The minimum Gasteiger partial charge on any atom is -0.392 e. The molecule has 0 aliphatic carbocycles. The number of carbonyl (C=O) groups is 1. The second kappa shape index (κ2) is 9.09. The molecule has 2 aromatic heterocycles. The maximum atomic E-state index is 13.7. The van der Waals surface area contributed by atoms with Gasteiger partial charge in [-0.05, 0) is 49.2 Å². The molecule has 34 heavy (non-hydrogen) atoms. The first-order chi connectivity index (χ1) is 16.1. The van der Waals surface area contributed by atoms with E-state index in [1.807, 2.05) is 13.8 Å². The highest BCUT2D eigenvalue weighted by Crippen LogP contribution is 2.39. The SMILES string of the molecule is CC(C)Nc1cc(-c2cc3n(c2)CCN(Cc2cc(F)ccc2CO)C3=O)c(C(F)(F)F)cn1. The molecule has 0 saturated heterocycles. The molecular formula is C24H24F4N4O2. The molecule has 0 unspecified atom stereocenters. The van der Waals surface area contributed by atoms with Crippen LogP contribution in [-0.4, -0.2) is 38.1 Å². The topological polar surface area (TPSA) is 70.4 Å². The lowest BCUT2D eigenvalue weighted by Crippen LogP contribution is -2.39. The first-order valence-corrected chi connectivity index (χ1v) is 10.8. The fourth-order valence-corrected chi connectivity index (χ4v) is 4.06. The summed E-state index contributed by atoms with van der Waals surface area (Å²) in [6.07, 6.45) is -2.28. The van der Waals surface area contributed by atoms with Crippen molar-refractivity contribution in [2.24, 2.45) is 0 Å². The summed E-state index contributed by atoms with van der Waals surface area (Å²) in [4.78, 5) is 18.5. The van der Waals surface area contributed by atoms with Gasteiger partial charge in [-0.2, -0.15) is 13.2 Å². The zero-order valence-electron chi connectivity index (χ0n) is 18.7. The van der Waals surface area contributed by atoms with E-state index in [1.54, 1.807) is 4.57 Å².